The van der Waals surface area contributed by atoms with Gasteiger partial charge in [-0.3, -0.25) is 0 Å². The minimum absolute atomic E-state index is 0.0241. The Balaban J connectivity index is 1.31. The van der Waals surface area contributed by atoms with Crippen LogP contribution < -0.4 is 32.8 Å². The Morgan fingerprint density at radius 2 is 0.530 bits per heavy atom. The topological polar surface area (TPSA) is 0 Å². The maximum Gasteiger partial charge on any atom is 0.241 e. The summed E-state index contributed by atoms with van der Waals surface area (Å²) in [4.78, 5) is 0. The number of hydrogen-bond donors (Lipinski definition) is 0. The van der Waals surface area contributed by atoms with E-state index in [1.54, 1.807) is 0 Å². The molecule has 0 fully saturated rings. The smallest absolute Gasteiger partial charge is 0.0726 e. The van der Waals surface area contributed by atoms with E-state index >= 15 is 0 Å². The van der Waals surface area contributed by atoms with Crippen molar-refractivity contribution in [2.75, 3.05) is 0 Å². The summed E-state index contributed by atoms with van der Waals surface area (Å²) in [5.41, 5.74) is 14.6. The predicted octanol–water partition coefficient (Wildman–Crippen LogP) is 13.3. The second-order valence-electron chi connectivity index (χ2n) is 19.6. The average molecular weight is 853 g/mol. The van der Waals surface area contributed by atoms with Gasteiger partial charge in [-0.05, 0) is 150 Å². The molecular formula is C64H62B2. The van der Waals surface area contributed by atoms with Gasteiger partial charge in [-0.2, -0.15) is 0 Å². The third-order valence-corrected chi connectivity index (χ3v) is 15.4. The first kappa shape index (κ1) is 42.5. The van der Waals surface area contributed by atoms with Crippen LogP contribution in [0.4, 0.5) is 0 Å². The zero-order valence-electron chi connectivity index (χ0n) is 39.7. The molecule has 0 aromatic heterocycles. The molecule has 0 N–H and O–H groups in total. The molecule has 2 heteroatoms. The van der Waals surface area contributed by atoms with Crippen LogP contribution in [0.3, 0.4) is 0 Å². The van der Waals surface area contributed by atoms with Gasteiger partial charge in [0.05, 0.1) is 0 Å². The lowest BCUT2D eigenvalue weighted by molar-refractivity contribution is 0.798. The van der Waals surface area contributed by atoms with Crippen LogP contribution in [-0.2, 0) is 25.7 Å². The van der Waals surface area contributed by atoms with Crippen molar-refractivity contribution in [3.63, 3.8) is 0 Å². The predicted molar refractivity (Wildman–Crippen MR) is 295 cm³/mol. The molecule has 324 valence electrons. The third kappa shape index (κ3) is 7.33. The van der Waals surface area contributed by atoms with Crippen LogP contribution in [0, 0.1) is 0 Å². The summed E-state index contributed by atoms with van der Waals surface area (Å²) in [6.07, 6.45) is 13.9. The maximum atomic E-state index is 2.61. The third-order valence-electron chi connectivity index (χ3n) is 15.4. The Bertz CT molecular complexity index is 3000. The summed E-state index contributed by atoms with van der Waals surface area (Å²) >= 11 is 0. The van der Waals surface area contributed by atoms with E-state index in [0.717, 1.165) is 25.7 Å². The van der Waals surface area contributed by atoms with E-state index in [-0.39, 0.29) is 13.4 Å². The van der Waals surface area contributed by atoms with Crippen molar-refractivity contribution < 1.29 is 0 Å². The fourth-order valence-electron chi connectivity index (χ4n) is 12.1. The van der Waals surface area contributed by atoms with Crippen LogP contribution in [0.1, 0.15) is 101 Å². The maximum absolute atomic E-state index is 2.61. The summed E-state index contributed by atoms with van der Waals surface area (Å²) in [6.45, 7) is 9.35. The van der Waals surface area contributed by atoms with Crippen molar-refractivity contribution in [1.82, 2.24) is 0 Å². The Morgan fingerprint density at radius 3 is 0.773 bits per heavy atom. The van der Waals surface area contributed by atoms with Crippen molar-refractivity contribution in [3.05, 3.63) is 180 Å². The van der Waals surface area contributed by atoms with Crippen LogP contribution in [0.2, 0.25) is 0 Å². The molecule has 0 bridgehead atoms. The second kappa shape index (κ2) is 18.3. The highest BCUT2D eigenvalue weighted by atomic mass is 14.2. The van der Waals surface area contributed by atoms with Gasteiger partial charge in [-0.15, -0.1) is 0 Å². The minimum Gasteiger partial charge on any atom is -0.0726 e. The summed E-state index contributed by atoms with van der Waals surface area (Å²) in [6, 6.07) is 62.8. The molecule has 66 heavy (non-hydrogen) atoms. The SMILES string of the molecule is CCCCc1cccc2c(B3c4cc5ccccc5cc4B(c4c5cccc(CCCC)c5cc5c(CCCC)cccc45)c4cc5ccccc5cc43)c3cccc(CCCC)c3cc12. The zero-order valence-corrected chi connectivity index (χ0v) is 39.7. The molecule has 0 spiro atoms. The van der Waals surface area contributed by atoms with Gasteiger partial charge in [-0.25, -0.2) is 0 Å². The molecule has 0 unspecified atom stereocenters. The van der Waals surface area contributed by atoms with Crippen molar-refractivity contribution in [2.24, 2.45) is 0 Å². The summed E-state index contributed by atoms with van der Waals surface area (Å²) < 4.78 is 0. The number of hydrogen-bond acceptors (Lipinski definition) is 0. The second-order valence-corrected chi connectivity index (χ2v) is 19.6. The van der Waals surface area contributed by atoms with Gasteiger partial charge in [0, 0.05) is 0 Å². The number of rotatable bonds is 14. The van der Waals surface area contributed by atoms with Crippen LogP contribution in [0.5, 0.6) is 0 Å². The van der Waals surface area contributed by atoms with E-state index in [9.17, 15) is 0 Å². The molecule has 0 radical (unpaired) electrons. The average Bonchev–Trinajstić information content (AvgIpc) is 3.35. The van der Waals surface area contributed by atoms with Crippen LogP contribution in [0.15, 0.2) is 158 Å². The highest BCUT2D eigenvalue weighted by molar-refractivity contribution is 7.13. The molecule has 0 saturated carbocycles. The van der Waals surface area contributed by atoms with Gasteiger partial charge < -0.3 is 0 Å². The molecule has 1 aliphatic heterocycles. The van der Waals surface area contributed by atoms with E-state index < -0.39 is 0 Å². The van der Waals surface area contributed by atoms with Gasteiger partial charge in [-0.1, -0.05) is 232 Å². The number of fused-ring (bicyclic) bond motifs is 8. The minimum atomic E-state index is 0.0241. The van der Waals surface area contributed by atoms with E-state index in [1.165, 1.54) is 171 Å². The van der Waals surface area contributed by atoms with Gasteiger partial charge in [0.25, 0.3) is 0 Å². The van der Waals surface area contributed by atoms with Crippen LogP contribution >= 0.6 is 0 Å². The number of benzene rings is 10. The van der Waals surface area contributed by atoms with Crippen molar-refractivity contribution in [2.45, 2.75) is 105 Å². The molecule has 1 aliphatic rings. The fourth-order valence-corrected chi connectivity index (χ4v) is 12.1. The van der Waals surface area contributed by atoms with Crippen molar-refractivity contribution >= 4 is 111 Å². The lowest BCUT2D eigenvalue weighted by atomic mass is 9.20. The molecule has 11 rings (SSSR count). The lowest BCUT2D eigenvalue weighted by Crippen LogP contribution is -2.75. The normalized spacial score (nSPS) is 12.6. The summed E-state index contributed by atoms with van der Waals surface area (Å²) in [7, 11) is 0. The monoisotopic (exact) mass is 853 g/mol. The molecule has 10 aromatic rings. The Kier molecular flexibility index (Phi) is 11.8. The van der Waals surface area contributed by atoms with Crippen molar-refractivity contribution in [1.29, 1.82) is 0 Å². The first-order valence-corrected chi connectivity index (χ1v) is 25.6. The number of unbranched alkanes of at least 4 members (excludes halogenated alkanes) is 4. The molecular weight excluding hydrogens is 790 g/mol. The van der Waals surface area contributed by atoms with Gasteiger partial charge >= 0.3 is 0 Å². The highest BCUT2D eigenvalue weighted by Crippen LogP contribution is 2.32. The molecule has 0 nitrogen and oxygen atoms in total. The first-order valence-electron chi connectivity index (χ1n) is 25.6. The Labute approximate surface area is 393 Å². The molecule has 0 amide bonds. The van der Waals surface area contributed by atoms with Gasteiger partial charge in [0.2, 0.25) is 13.4 Å². The molecule has 1 heterocycles. The standard InChI is InChI=1S/C64H62B2/c1-5-9-21-43-29-17-33-51-55(43)41-56-44(22-10-6-2)30-18-34-52(56)63(51)65-59-37-47-25-13-15-27-49(47)39-61(59)66(62-40-50-28-16-14-26-48(50)38-60(62)65)64-53-35-19-31-45(23-11-7-3)57(53)42-58-46(24-12-8-4)32-20-36-54(58)64/h13-20,25-42H,5-12,21-24H2,1-4H3. The fraction of sp³-hybridized carbons (Fsp3) is 0.250. The Hall–Kier alpha value is -6.11. The van der Waals surface area contributed by atoms with Crippen LogP contribution in [0.25, 0.3) is 64.6 Å². The highest BCUT2D eigenvalue weighted by Gasteiger charge is 2.42. The zero-order chi connectivity index (χ0) is 44.7. The van der Waals surface area contributed by atoms with Gasteiger partial charge in [0.15, 0.2) is 0 Å². The summed E-state index contributed by atoms with van der Waals surface area (Å²) in [5, 5.41) is 16.6. The summed E-state index contributed by atoms with van der Waals surface area (Å²) in [5.74, 6) is 0. The molecule has 10 aromatic carbocycles. The van der Waals surface area contributed by atoms with Gasteiger partial charge in [0.1, 0.15) is 0 Å². The molecule has 0 atom stereocenters. The quantitative estimate of drug-likeness (QED) is 0.0755. The van der Waals surface area contributed by atoms with E-state index in [1.807, 2.05) is 0 Å². The van der Waals surface area contributed by atoms with E-state index in [4.69, 9.17) is 0 Å². The first-order chi connectivity index (χ1) is 32.6. The Morgan fingerprint density at radius 1 is 0.273 bits per heavy atom. The number of aryl methyl sites for hydroxylation is 4. The lowest BCUT2D eigenvalue weighted by Gasteiger charge is -2.35. The largest absolute Gasteiger partial charge is 0.241 e. The van der Waals surface area contributed by atoms with E-state index in [0.29, 0.717) is 0 Å². The molecule has 0 aliphatic carbocycles. The van der Waals surface area contributed by atoms with E-state index in [2.05, 4.69) is 185 Å². The molecule has 0 saturated heterocycles. The van der Waals surface area contributed by atoms with Crippen molar-refractivity contribution in [3.8, 4) is 0 Å². The van der Waals surface area contributed by atoms with Crippen LogP contribution in [-0.4, -0.2) is 13.4 Å².